The summed E-state index contributed by atoms with van der Waals surface area (Å²) in [6.45, 7) is 0.267. The molecular weight excluding hydrogens is 198 g/mol. The fourth-order valence-corrected chi connectivity index (χ4v) is 1.05. The van der Waals surface area contributed by atoms with Crippen LogP contribution >= 0.6 is 0 Å². The van der Waals surface area contributed by atoms with Crippen molar-refractivity contribution >= 4 is 5.91 Å². The van der Waals surface area contributed by atoms with Crippen LogP contribution < -0.4 is 5.32 Å². The van der Waals surface area contributed by atoms with Gasteiger partial charge in [0.15, 0.2) is 11.6 Å². The number of carbonyl (C=O) groups is 1. The highest BCUT2D eigenvalue weighted by Crippen LogP contribution is 1.99. The number of hydrogen-bond donors (Lipinski definition) is 1. The van der Waals surface area contributed by atoms with Crippen molar-refractivity contribution < 1.29 is 9.21 Å². The molecule has 0 unspecified atom stereocenters. The van der Waals surface area contributed by atoms with Crippen LogP contribution in [0.1, 0.15) is 16.4 Å². The van der Waals surface area contributed by atoms with E-state index in [2.05, 4.69) is 20.8 Å². The van der Waals surface area contributed by atoms with Gasteiger partial charge in [-0.05, 0) is 22.6 Å². The quantitative estimate of drug-likeness (QED) is 0.748. The summed E-state index contributed by atoms with van der Waals surface area (Å²) in [5.74, 6) is 0.558. The van der Waals surface area contributed by atoms with Crippen molar-refractivity contribution in [1.29, 1.82) is 0 Å². The lowest BCUT2D eigenvalue weighted by molar-refractivity contribution is 0.0921. The fraction of sp³-hybridized carbons (Fsp3) is 0.250. The summed E-state index contributed by atoms with van der Waals surface area (Å²) in [6.07, 6.45) is 1.44. The fourth-order valence-electron chi connectivity index (χ4n) is 1.05. The molecule has 0 saturated heterocycles. The van der Waals surface area contributed by atoms with Crippen LogP contribution in [0.25, 0.3) is 0 Å². The molecule has 2 rings (SSSR count). The van der Waals surface area contributed by atoms with Crippen LogP contribution in [-0.2, 0) is 13.6 Å². The summed E-state index contributed by atoms with van der Waals surface area (Å²) in [5, 5.41) is 13.4. The van der Waals surface area contributed by atoms with Crippen LogP contribution in [0.2, 0.25) is 0 Å². The first-order valence-electron chi connectivity index (χ1n) is 4.30. The van der Waals surface area contributed by atoms with Crippen molar-refractivity contribution in [3.8, 4) is 0 Å². The minimum absolute atomic E-state index is 0.267. The maximum absolute atomic E-state index is 11.4. The van der Waals surface area contributed by atoms with Crippen molar-refractivity contribution in [1.82, 2.24) is 25.5 Å². The maximum atomic E-state index is 11.4. The summed E-state index contributed by atoms with van der Waals surface area (Å²) >= 11 is 0. The molecule has 0 saturated carbocycles. The van der Waals surface area contributed by atoms with Crippen LogP contribution in [-0.4, -0.2) is 26.1 Å². The summed E-state index contributed by atoms with van der Waals surface area (Å²) in [4.78, 5) is 11.4. The van der Waals surface area contributed by atoms with Crippen LogP contribution in [0.3, 0.4) is 0 Å². The molecular formula is C8H9N5O2. The third-order valence-corrected chi connectivity index (χ3v) is 1.86. The second-order valence-corrected chi connectivity index (χ2v) is 2.88. The van der Waals surface area contributed by atoms with E-state index in [9.17, 15) is 4.79 Å². The van der Waals surface area contributed by atoms with E-state index >= 15 is 0 Å². The highest BCUT2D eigenvalue weighted by atomic mass is 16.3. The third kappa shape index (κ3) is 2.01. The van der Waals surface area contributed by atoms with E-state index in [-0.39, 0.29) is 18.2 Å². The molecule has 0 atom stereocenters. The second kappa shape index (κ2) is 3.91. The van der Waals surface area contributed by atoms with Gasteiger partial charge in [-0.2, -0.15) is 0 Å². The Morgan fingerprint density at radius 1 is 1.67 bits per heavy atom. The largest absolute Gasteiger partial charge is 0.459 e. The van der Waals surface area contributed by atoms with E-state index in [1.54, 1.807) is 19.2 Å². The second-order valence-electron chi connectivity index (χ2n) is 2.88. The highest BCUT2D eigenvalue weighted by molar-refractivity contribution is 5.91. The number of carbonyl (C=O) groups excluding carboxylic acids is 1. The Balaban J connectivity index is 1.95. The molecule has 0 aliphatic heterocycles. The lowest BCUT2D eigenvalue weighted by Crippen LogP contribution is -2.24. The van der Waals surface area contributed by atoms with E-state index in [4.69, 9.17) is 4.42 Å². The number of aromatic nitrogens is 4. The molecule has 0 radical (unpaired) electrons. The first-order valence-corrected chi connectivity index (χ1v) is 4.30. The molecule has 0 bridgehead atoms. The Kier molecular flexibility index (Phi) is 2.44. The molecule has 0 fully saturated rings. The molecule has 7 heteroatoms. The van der Waals surface area contributed by atoms with Gasteiger partial charge < -0.3 is 9.73 Å². The number of nitrogens with zero attached hydrogens (tertiary/aromatic N) is 4. The average Bonchev–Trinajstić information content (AvgIpc) is 2.85. The van der Waals surface area contributed by atoms with E-state index < -0.39 is 0 Å². The van der Waals surface area contributed by atoms with Crippen molar-refractivity contribution in [2.24, 2.45) is 7.05 Å². The van der Waals surface area contributed by atoms with Crippen LogP contribution in [0.15, 0.2) is 22.8 Å². The Morgan fingerprint density at radius 2 is 2.53 bits per heavy atom. The van der Waals surface area contributed by atoms with Crippen molar-refractivity contribution in [3.63, 3.8) is 0 Å². The van der Waals surface area contributed by atoms with Gasteiger partial charge in [-0.3, -0.25) is 4.79 Å². The van der Waals surface area contributed by atoms with Crippen molar-refractivity contribution in [2.75, 3.05) is 0 Å². The molecule has 0 aromatic carbocycles. The predicted octanol–water partition coefficient (Wildman–Crippen LogP) is -0.267. The first-order chi connectivity index (χ1) is 7.27. The van der Waals surface area contributed by atoms with E-state index in [0.29, 0.717) is 5.82 Å². The molecule has 2 heterocycles. The number of aryl methyl sites for hydroxylation is 1. The number of furan rings is 1. The molecule has 2 aromatic heterocycles. The number of amides is 1. The standard InChI is InChI=1S/C8H9N5O2/c1-13-7(10-11-12-13)5-9-8(14)6-3-2-4-15-6/h2-4H,5H2,1H3,(H,9,14). The monoisotopic (exact) mass is 207 g/mol. The summed E-state index contributed by atoms with van der Waals surface area (Å²) < 4.78 is 6.41. The van der Waals surface area contributed by atoms with Gasteiger partial charge in [0, 0.05) is 7.05 Å². The third-order valence-electron chi connectivity index (χ3n) is 1.86. The van der Waals surface area contributed by atoms with Gasteiger partial charge in [0.05, 0.1) is 12.8 Å². The topological polar surface area (TPSA) is 85.8 Å². The van der Waals surface area contributed by atoms with Gasteiger partial charge in [0.1, 0.15) is 0 Å². The zero-order valence-corrected chi connectivity index (χ0v) is 8.04. The van der Waals surface area contributed by atoms with E-state index in [1.807, 2.05) is 0 Å². The zero-order valence-electron chi connectivity index (χ0n) is 8.04. The molecule has 2 aromatic rings. The molecule has 7 nitrogen and oxygen atoms in total. The number of nitrogens with one attached hydrogen (secondary N) is 1. The van der Waals surface area contributed by atoms with Gasteiger partial charge in [-0.1, -0.05) is 0 Å². The van der Waals surface area contributed by atoms with E-state index in [1.165, 1.54) is 10.9 Å². The lowest BCUT2D eigenvalue weighted by atomic mass is 10.4. The Labute approximate surface area is 85.1 Å². The lowest BCUT2D eigenvalue weighted by Gasteiger charge is -2.00. The molecule has 78 valence electrons. The normalized spacial score (nSPS) is 10.2. The van der Waals surface area contributed by atoms with Gasteiger partial charge in [0.2, 0.25) is 0 Å². The van der Waals surface area contributed by atoms with Gasteiger partial charge >= 0.3 is 0 Å². The minimum Gasteiger partial charge on any atom is -0.459 e. The minimum atomic E-state index is -0.289. The SMILES string of the molecule is Cn1nnnc1CNC(=O)c1ccco1. The van der Waals surface area contributed by atoms with Gasteiger partial charge in [-0.25, -0.2) is 4.68 Å². The first kappa shape index (κ1) is 9.38. The highest BCUT2D eigenvalue weighted by Gasteiger charge is 2.09. The van der Waals surface area contributed by atoms with Crippen molar-refractivity contribution in [2.45, 2.75) is 6.54 Å². The zero-order chi connectivity index (χ0) is 10.7. The molecule has 1 N–H and O–H groups in total. The maximum Gasteiger partial charge on any atom is 0.287 e. The number of rotatable bonds is 3. The Morgan fingerprint density at radius 3 is 3.13 bits per heavy atom. The summed E-state index contributed by atoms with van der Waals surface area (Å²) in [7, 11) is 1.70. The van der Waals surface area contributed by atoms with Gasteiger partial charge in [0.25, 0.3) is 5.91 Å². The predicted molar refractivity (Wildman–Crippen MR) is 48.7 cm³/mol. The Hall–Kier alpha value is -2.18. The number of hydrogen-bond acceptors (Lipinski definition) is 5. The average molecular weight is 207 g/mol. The van der Waals surface area contributed by atoms with Crippen LogP contribution in [0.4, 0.5) is 0 Å². The van der Waals surface area contributed by atoms with Crippen molar-refractivity contribution in [3.05, 3.63) is 30.0 Å². The number of tetrazole rings is 1. The van der Waals surface area contributed by atoms with E-state index in [0.717, 1.165) is 0 Å². The molecule has 15 heavy (non-hydrogen) atoms. The van der Waals surface area contributed by atoms with Crippen LogP contribution in [0.5, 0.6) is 0 Å². The Bertz CT molecular complexity index is 447. The smallest absolute Gasteiger partial charge is 0.287 e. The van der Waals surface area contributed by atoms with Crippen LogP contribution in [0, 0.1) is 0 Å². The molecule has 0 aliphatic rings. The summed E-state index contributed by atoms with van der Waals surface area (Å²) in [5.41, 5.74) is 0. The molecule has 1 amide bonds. The molecule has 0 spiro atoms. The molecule has 0 aliphatic carbocycles. The summed E-state index contributed by atoms with van der Waals surface area (Å²) in [6, 6.07) is 3.24. The van der Waals surface area contributed by atoms with Gasteiger partial charge in [-0.15, -0.1) is 5.10 Å².